The lowest BCUT2D eigenvalue weighted by Gasteiger charge is -2.28. The van der Waals surface area contributed by atoms with Gasteiger partial charge in [0.25, 0.3) is 0 Å². The van der Waals surface area contributed by atoms with Crippen LogP contribution in [0, 0.1) is 5.92 Å². The van der Waals surface area contributed by atoms with Crippen molar-refractivity contribution in [1.29, 1.82) is 0 Å². The topological polar surface area (TPSA) is 41.1 Å². The average molecular weight is 274 g/mol. The van der Waals surface area contributed by atoms with Crippen LogP contribution in [-0.4, -0.2) is 11.9 Å². The summed E-state index contributed by atoms with van der Waals surface area (Å²) in [6, 6.07) is 8.66. The second kappa shape index (κ2) is 7.44. The van der Waals surface area contributed by atoms with E-state index < -0.39 is 0 Å². The standard InChI is InChI=1S/C17H26N2O/c1-13(16-6-4-3-5-7-16)18-12-15-8-10-17(11-9-15)19-14(2)20/h8-11,13,16,18H,3-7,12H2,1-2H3,(H,19,20). The zero-order chi connectivity index (χ0) is 14.4. The fourth-order valence-electron chi connectivity index (χ4n) is 2.99. The molecule has 1 aliphatic rings. The molecule has 3 heteroatoms. The first-order valence-electron chi connectivity index (χ1n) is 7.75. The zero-order valence-corrected chi connectivity index (χ0v) is 12.6. The molecule has 0 radical (unpaired) electrons. The van der Waals surface area contributed by atoms with Gasteiger partial charge in [-0.15, -0.1) is 0 Å². The first-order chi connectivity index (χ1) is 9.65. The van der Waals surface area contributed by atoms with Crippen LogP contribution < -0.4 is 10.6 Å². The van der Waals surface area contributed by atoms with E-state index in [2.05, 4.69) is 29.7 Å². The fraction of sp³-hybridized carbons (Fsp3) is 0.588. The highest BCUT2D eigenvalue weighted by molar-refractivity contribution is 5.88. The molecule has 3 nitrogen and oxygen atoms in total. The van der Waals surface area contributed by atoms with Gasteiger partial charge in [0.15, 0.2) is 0 Å². The summed E-state index contributed by atoms with van der Waals surface area (Å²) in [5.41, 5.74) is 2.13. The number of carbonyl (C=O) groups excluding carboxylic acids is 1. The monoisotopic (exact) mass is 274 g/mol. The van der Waals surface area contributed by atoms with Gasteiger partial charge in [-0.3, -0.25) is 4.79 Å². The predicted molar refractivity (Wildman–Crippen MR) is 83.6 cm³/mol. The first-order valence-corrected chi connectivity index (χ1v) is 7.75. The van der Waals surface area contributed by atoms with Gasteiger partial charge in [-0.25, -0.2) is 0 Å². The largest absolute Gasteiger partial charge is 0.326 e. The Balaban J connectivity index is 1.79. The minimum atomic E-state index is -0.0261. The van der Waals surface area contributed by atoms with E-state index in [0.29, 0.717) is 6.04 Å². The molecule has 1 aromatic carbocycles. The van der Waals surface area contributed by atoms with Crippen molar-refractivity contribution in [1.82, 2.24) is 5.32 Å². The SMILES string of the molecule is CC(=O)Nc1ccc(CNC(C)C2CCCCC2)cc1. The maximum absolute atomic E-state index is 11.0. The molecule has 1 aromatic rings. The number of nitrogens with one attached hydrogen (secondary N) is 2. The minimum absolute atomic E-state index is 0.0261. The van der Waals surface area contributed by atoms with Crippen LogP contribution in [-0.2, 0) is 11.3 Å². The Bertz CT molecular complexity index is 421. The molecule has 1 atom stereocenters. The number of hydrogen-bond donors (Lipinski definition) is 2. The Morgan fingerprint density at radius 1 is 1.20 bits per heavy atom. The van der Waals surface area contributed by atoms with E-state index in [-0.39, 0.29) is 5.91 Å². The predicted octanol–water partition coefficient (Wildman–Crippen LogP) is 3.70. The summed E-state index contributed by atoms with van der Waals surface area (Å²) < 4.78 is 0. The van der Waals surface area contributed by atoms with Gasteiger partial charge in [0.05, 0.1) is 0 Å². The van der Waals surface area contributed by atoms with Crippen LogP contribution in [0.3, 0.4) is 0 Å². The maximum Gasteiger partial charge on any atom is 0.221 e. The van der Waals surface area contributed by atoms with Gasteiger partial charge in [0.2, 0.25) is 5.91 Å². The van der Waals surface area contributed by atoms with Crippen molar-refractivity contribution in [2.45, 2.75) is 58.5 Å². The van der Waals surface area contributed by atoms with Crippen molar-refractivity contribution in [3.8, 4) is 0 Å². The average Bonchev–Trinajstić information content (AvgIpc) is 2.46. The third-order valence-corrected chi connectivity index (χ3v) is 4.26. The number of anilines is 1. The zero-order valence-electron chi connectivity index (χ0n) is 12.6. The third kappa shape index (κ3) is 4.64. The van der Waals surface area contributed by atoms with Gasteiger partial charge in [0, 0.05) is 25.2 Å². The lowest BCUT2D eigenvalue weighted by molar-refractivity contribution is -0.114. The fourth-order valence-corrected chi connectivity index (χ4v) is 2.99. The Morgan fingerprint density at radius 3 is 2.45 bits per heavy atom. The molecule has 0 aromatic heterocycles. The molecule has 0 aliphatic heterocycles. The molecule has 0 saturated heterocycles. The van der Waals surface area contributed by atoms with Crippen molar-refractivity contribution in [2.24, 2.45) is 5.92 Å². The molecule has 1 saturated carbocycles. The lowest BCUT2D eigenvalue weighted by atomic mass is 9.84. The van der Waals surface area contributed by atoms with Crippen molar-refractivity contribution < 1.29 is 4.79 Å². The molecule has 1 unspecified atom stereocenters. The maximum atomic E-state index is 11.0. The van der Waals surface area contributed by atoms with Gasteiger partial charge in [0.1, 0.15) is 0 Å². The molecular formula is C17H26N2O. The van der Waals surface area contributed by atoms with E-state index in [1.165, 1.54) is 44.6 Å². The highest BCUT2D eigenvalue weighted by atomic mass is 16.1. The molecule has 0 heterocycles. The summed E-state index contributed by atoms with van der Waals surface area (Å²) >= 11 is 0. The second-order valence-electron chi connectivity index (χ2n) is 5.95. The highest BCUT2D eigenvalue weighted by Crippen LogP contribution is 2.26. The molecule has 2 rings (SSSR count). The Morgan fingerprint density at radius 2 is 1.85 bits per heavy atom. The summed E-state index contributed by atoms with van der Waals surface area (Å²) in [6.45, 7) is 4.74. The van der Waals surface area contributed by atoms with Crippen LogP contribution in [0.5, 0.6) is 0 Å². The Labute approximate surface area is 122 Å². The molecule has 0 bridgehead atoms. The summed E-state index contributed by atoms with van der Waals surface area (Å²) in [7, 11) is 0. The molecular weight excluding hydrogens is 248 g/mol. The molecule has 0 spiro atoms. The quantitative estimate of drug-likeness (QED) is 0.859. The normalized spacial score (nSPS) is 17.7. The van der Waals surface area contributed by atoms with Crippen molar-refractivity contribution >= 4 is 11.6 Å². The second-order valence-corrected chi connectivity index (χ2v) is 5.95. The van der Waals surface area contributed by atoms with Crippen molar-refractivity contribution in [2.75, 3.05) is 5.32 Å². The van der Waals surface area contributed by atoms with E-state index in [0.717, 1.165) is 18.2 Å². The van der Waals surface area contributed by atoms with E-state index in [9.17, 15) is 4.79 Å². The number of benzene rings is 1. The Hall–Kier alpha value is -1.35. The van der Waals surface area contributed by atoms with E-state index in [1.54, 1.807) is 0 Å². The van der Waals surface area contributed by atoms with Gasteiger partial charge < -0.3 is 10.6 Å². The van der Waals surface area contributed by atoms with Crippen LogP contribution in [0.25, 0.3) is 0 Å². The molecule has 110 valence electrons. The number of amides is 1. The van der Waals surface area contributed by atoms with E-state index in [4.69, 9.17) is 0 Å². The van der Waals surface area contributed by atoms with Crippen molar-refractivity contribution in [3.05, 3.63) is 29.8 Å². The number of carbonyl (C=O) groups is 1. The van der Waals surface area contributed by atoms with E-state index >= 15 is 0 Å². The van der Waals surface area contributed by atoms with Gasteiger partial charge in [-0.2, -0.15) is 0 Å². The molecule has 1 fully saturated rings. The van der Waals surface area contributed by atoms with Crippen LogP contribution in [0.1, 0.15) is 51.5 Å². The smallest absolute Gasteiger partial charge is 0.221 e. The summed E-state index contributed by atoms with van der Waals surface area (Å²) in [5.74, 6) is 0.809. The van der Waals surface area contributed by atoms with Crippen LogP contribution >= 0.6 is 0 Å². The molecule has 2 N–H and O–H groups in total. The summed E-state index contributed by atoms with van der Waals surface area (Å²) in [6.07, 6.45) is 6.93. The molecule has 20 heavy (non-hydrogen) atoms. The third-order valence-electron chi connectivity index (χ3n) is 4.26. The first kappa shape index (κ1) is 15.0. The molecule has 1 aliphatic carbocycles. The minimum Gasteiger partial charge on any atom is -0.326 e. The van der Waals surface area contributed by atoms with E-state index in [1.807, 2.05) is 12.1 Å². The number of hydrogen-bond acceptors (Lipinski definition) is 2. The van der Waals surface area contributed by atoms with Gasteiger partial charge in [-0.05, 0) is 43.4 Å². The van der Waals surface area contributed by atoms with Gasteiger partial charge >= 0.3 is 0 Å². The molecule has 1 amide bonds. The van der Waals surface area contributed by atoms with Crippen molar-refractivity contribution in [3.63, 3.8) is 0 Å². The summed E-state index contributed by atoms with van der Waals surface area (Å²) in [5, 5.41) is 6.43. The van der Waals surface area contributed by atoms with Gasteiger partial charge in [-0.1, -0.05) is 31.4 Å². The van der Waals surface area contributed by atoms with Crippen LogP contribution in [0.15, 0.2) is 24.3 Å². The van der Waals surface area contributed by atoms with Crippen LogP contribution in [0.4, 0.5) is 5.69 Å². The number of rotatable bonds is 5. The Kier molecular flexibility index (Phi) is 5.60. The summed E-state index contributed by atoms with van der Waals surface area (Å²) in [4.78, 5) is 11.0. The highest BCUT2D eigenvalue weighted by Gasteiger charge is 2.19. The van der Waals surface area contributed by atoms with Crippen LogP contribution in [0.2, 0.25) is 0 Å². The lowest BCUT2D eigenvalue weighted by Crippen LogP contribution is -2.34.